The summed E-state index contributed by atoms with van der Waals surface area (Å²) in [6, 6.07) is 0. The highest BCUT2D eigenvalue weighted by molar-refractivity contribution is 7.07. The standard InChI is InChI=1S/C9H12N4O3S/c10-8(12-15)7-3-13(1-2-16-7)9(14)6-4-17-5-11-6/h4-5,7,15H,1-3H2,(H2,10,12). The van der Waals surface area contributed by atoms with E-state index in [1.807, 2.05) is 0 Å². The molecule has 0 saturated carbocycles. The fourth-order valence-corrected chi connectivity index (χ4v) is 2.08. The minimum absolute atomic E-state index is 0.0271. The Kier molecular flexibility index (Phi) is 3.55. The summed E-state index contributed by atoms with van der Waals surface area (Å²) in [4.78, 5) is 17.5. The van der Waals surface area contributed by atoms with E-state index in [1.54, 1.807) is 15.8 Å². The third kappa shape index (κ3) is 2.53. The molecule has 8 heteroatoms. The Balaban J connectivity index is 2.05. The average Bonchev–Trinajstić information content (AvgIpc) is 2.91. The molecule has 1 saturated heterocycles. The highest BCUT2D eigenvalue weighted by Crippen LogP contribution is 2.11. The lowest BCUT2D eigenvalue weighted by molar-refractivity contribution is 0.00652. The van der Waals surface area contributed by atoms with Crippen LogP contribution in [0.25, 0.3) is 0 Å². The van der Waals surface area contributed by atoms with Gasteiger partial charge < -0.3 is 20.6 Å². The summed E-state index contributed by atoms with van der Waals surface area (Å²) >= 11 is 1.37. The maximum atomic E-state index is 12.0. The SMILES string of the molecule is NC(=NO)C1CN(C(=O)c2cscn2)CCO1. The van der Waals surface area contributed by atoms with E-state index in [2.05, 4.69) is 10.1 Å². The van der Waals surface area contributed by atoms with Crippen LogP contribution >= 0.6 is 11.3 Å². The maximum Gasteiger partial charge on any atom is 0.273 e. The number of nitrogens with two attached hydrogens (primary N) is 1. The molecule has 1 amide bonds. The first-order valence-corrected chi connectivity index (χ1v) is 5.93. The first kappa shape index (κ1) is 11.8. The third-order valence-corrected chi connectivity index (χ3v) is 3.04. The van der Waals surface area contributed by atoms with Crippen LogP contribution in [0.15, 0.2) is 16.0 Å². The van der Waals surface area contributed by atoms with Crippen LogP contribution in [-0.4, -0.2) is 52.6 Å². The van der Waals surface area contributed by atoms with Crippen LogP contribution in [0.3, 0.4) is 0 Å². The minimum atomic E-state index is -0.559. The van der Waals surface area contributed by atoms with Gasteiger partial charge in [-0.1, -0.05) is 5.16 Å². The predicted octanol–water partition coefficient (Wildman–Crippen LogP) is -0.270. The Morgan fingerprint density at radius 2 is 2.59 bits per heavy atom. The summed E-state index contributed by atoms with van der Waals surface area (Å²) in [6.45, 7) is 1.11. The summed E-state index contributed by atoms with van der Waals surface area (Å²) in [5.74, 6) is -0.189. The van der Waals surface area contributed by atoms with Gasteiger partial charge in [-0.2, -0.15) is 0 Å². The van der Waals surface area contributed by atoms with Crippen molar-refractivity contribution in [3.63, 3.8) is 0 Å². The Hall–Kier alpha value is -1.67. The van der Waals surface area contributed by atoms with E-state index in [4.69, 9.17) is 15.7 Å². The van der Waals surface area contributed by atoms with Crippen molar-refractivity contribution in [3.05, 3.63) is 16.6 Å². The van der Waals surface area contributed by atoms with Crippen LogP contribution in [0.4, 0.5) is 0 Å². The van der Waals surface area contributed by atoms with E-state index >= 15 is 0 Å². The second-order valence-corrected chi connectivity index (χ2v) is 4.23. The second-order valence-electron chi connectivity index (χ2n) is 3.51. The van der Waals surface area contributed by atoms with Crippen LogP contribution in [-0.2, 0) is 4.74 Å². The number of ether oxygens (including phenoxy) is 1. The average molecular weight is 256 g/mol. The molecule has 1 aromatic heterocycles. The zero-order valence-corrected chi connectivity index (χ0v) is 9.76. The number of thiazole rings is 1. The van der Waals surface area contributed by atoms with Crippen LogP contribution in [0.5, 0.6) is 0 Å². The van der Waals surface area contributed by atoms with Crippen molar-refractivity contribution >= 4 is 23.1 Å². The molecule has 2 heterocycles. The van der Waals surface area contributed by atoms with E-state index < -0.39 is 6.10 Å². The van der Waals surface area contributed by atoms with Gasteiger partial charge in [0.15, 0.2) is 5.84 Å². The van der Waals surface area contributed by atoms with Crippen molar-refractivity contribution in [2.75, 3.05) is 19.7 Å². The molecule has 92 valence electrons. The summed E-state index contributed by atoms with van der Waals surface area (Å²) in [7, 11) is 0. The Bertz CT molecular complexity index is 420. The molecule has 3 N–H and O–H groups in total. The fourth-order valence-electron chi connectivity index (χ4n) is 1.56. The van der Waals surface area contributed by atoms with Crippen LogP contribution in [0.1, 0.15) is 10.5 Å². The number of oxime groups is 1. The Labute approximate surface area is 101 Å². The van der Waals surface area contributed by atoms with Gasteiger partial charge in [-0.25, -0.2) is 4.98 Å². The van der Waals surface area contributed by atoms with Crippen molar-refractivity contribution in [3.8, 4) is 0 Å². The number of amidine groups is 1. The molecule has 7 nitrogen and oxygen atoms in total. The largest absolute Gasteiger partial charge is 0.409 e. The van der Waals surface area contributed by atoms with E-state index in [9.17, 15) is 4.79 Å². The first-order chi connectivity index (χ1) is 8.22. The molecular formula is C9H12N4O3S. The van der Waals surface area contributed by atoms with E-state index in [0.29, 0.717) is 18.8 Å². The van der Waals surface area contributed by atoms with Gasteiger partial charge >= 0.3 is 0 Å². The van der Waals surface area contributed by atoms with Crippen molar-refractivity contribution < 1.29 is 14.7 Å². The molecule has 17 heavy (non-hydrogen) atoms. The number of amides is 1. The summed E-state index contributed by atoms with van der Waals surface area (Å²) in [5, 5.41) is 13.1. The van der Waals surface area contributed by atoms with Crippen LogP contribution in [0, 0.1) is 0 Å². The van der Waals surface area contributed by atoms with E-state index in [-0.39, 0.29) is 18.3 Å². The molecule has 1 unspecified atom stereocenters. The van der Waals surface area contributed by atoms with Crippen molar-refractivity contribution in [2.45, 2.75) is 6.10 Å². The monoisotopic (exact) mass is 256 g/mol. The Morgan fingerprint density at radius 3 is 3.24 bits per heavy atom. The molecule has 1 aromatic rings. The number of hydrogen-bond donors (Lipinski definition) is 2. The minimum Gasteiger partial charge on any atom is -0.409 e. The topological polar surface area (TPSA) is 101 Å². The first-order valence-electron chi connectivity index (χ1n) is 4.99. The lowest BCUT2D eigenvalue weighted by atomic mass is 10.2. The summed E-state index contributed by atoms with van der Waals surface area (Å²) in [6.07, 6.45) is -0.559. The van der Waals surface area contributed by atoms with Crippen LogP contribution in [0.2, 0.25) is 0 Å². The van der Waals surface area contributed by atoms with Gasteiger partial charge in [0.2, 0.25) is 0 Å². The Morgan fingerprint density at radius 1 is 1.76 bits per heavy atom. The molecule has 0 spiro atoms. The fraction of sp³-hybridized carbons (Fsp3) is 0.444. The van der Waals surface area contributed by atoms with E-state index in [1.165, 1.54) is 11.3 Å². The smallest absolute Gasteiger partial charge is 0.273 e. The molecule has 0 aliphatic carbocycles. The molecule has 2 rings (SSSR count). The lowest BCUT2D eigenvalue weighted by Gasteiger charge is -2.31. The maximum absolute atomic E-state index is 12.0. The zero-order chi connectivity index (χ0) is 12.3. The lowest BCUT2D eigenvalue weighted by Crippen LogP contribution is -2.50. The molecule has 0 bridgehead atoms. The van der Waals surface area contributed by atoms with Gasteiger partial charge in [0, 0.05) is 11.9 Å². The quantitative estimate of drug-likeness (QED) is 0.328. The summed E-state index contributed by atoms with van der Waals surface area (Å²) < 4.78 is 5.30. The zero-order valence-electron chi connectivity index (χ0n) is 8.94. The van der Waals surface area contributed by atoms with Crippen molar-refractivity contribution in [1.82, 2.24) is 9.88 Å². The van der Waals surface area contributed by atoms with Gasteiger partial charge in [0.1, 0.15) is 11.8 Å². The molecule has 1 atom stereocenters. The molecular weight excluding hydrogens is 244 g/mol. The van der Waals surface area contributed by atoms with Crippen LogP contribution < -0.4 is 5.73 Å². The van der Waals surface area contributed by atoms with Gasteiger partial charge in [0.25, 0.3) is 5.91 Å². The van der Waals surface area contributed by atoms with Crippen molar-refractivity contribution in [1.29, 1.82) is 0 Å². The third-order valence-electron chi connectivity index (χ3n) is 2.45. The number of rotatable bonds is 2. The number of nitrogens with zero attached hydrogens (tertiary/aromatic N) is 3. The van der Waals surface area contributed by atoms with Gasteiger partial charge in [-0.3, -0.25) is 4.79 Å². The van der Waals surface area contributed by atoms with E-state index in [0.717, 1.165) is 0 Å². The second kappa shape index (κ2) is 5.11. The molecule has 1 aliphatic rings. The molecule has 1 fully saturated rings. The number of hydrogen-bond acceptors (Lipinski definition) is 6. The summed E-state index contributed by atoms with van der Waals surface area (Å²) in [5.41, 5.74) is 7.47. The number of morpholine rings is 1. The predicted molar refractivity (Wildman–Crippen MR) is 61.2 cm³/mol. The van der Waals surface area contributed by atoms with Gasteiger partial charge in [0.05, 0.1) is 18.7 Å². The number of aromatic nitrogens is 1. The van der Waals surface area contributed by atoms with Crippen molar-refractivity contribution in [2.24, 2.45) is 10.9 Å². The molecule has 0 aromatic carbocycles. The molecule has 1 aliphatic heterocycles. The molecule has 0 radical (unpaired) electrons. The normalized spacial score (nSPS) is 21.5. The van der Waals surface area contributed by atoms with Gasteiger partial charge in [-0.05, 0) is 0 Å². The number of carbonyl (C=O) groups excluding carboxylic acids is 1. The highest BCUT2D eigenvalue weighted by Gasteiger charge is 2.28. The highest BCUT2D eigenvalue weighted by atomic mass is 32.1. The van der Waals surface area contributed by atoms with Gasteiger partial charge in [-0.15, -0.1) is 11.3 Å². The number of carbonyl (C=O) groups is 1.